The lowest BCUT2D eigenvalue weighted by Gasteiger charge is -2.31. The Morgan fingerprint density at radius 1 is 1.21 bits per heavy atom. The minimum Gasteiger partial charge on any atom is -0.355 e. The molecular weight excluding hydrogens is 368 g/mol. The third-order valence-corrected chi connectivity index (χ3v) is 5.60. The highest BCUT2D eigenvalue weighted by molar-refractivity contribution is 6.03. The van der Waals surface area contributed by atoms with Crippen LogP contribution in [0.4, 0.5) is 0 Å². The van der Waals surface area contributed by atoms with Crippen molar-refractivity contribution in [1.82, 2.24) is 15.5 Å². The molecule has 2 aromatic carbocycles. The Bertz CT molecular complexity index is 1050. The van der Waals surface area contributed by atoms with Crippen LogP contribution in [0.1, 0.15) is 36.8 Å². The smallest absolute Gasteiger partial charge is 0.219 e. The first-order chi connectivity index (χ1) is 14.1. The van der Waals surface area contributed by atoms with Gasteiger partial charge in [0.15, 0.2) is 11.6 Å². The molecular formula is C21H24N6O2. The Hall–Kier alpha value is -3.39. The van der Waals surface area contributed by atoms with Crippen LogP contribution in [0.5, 0.6) is 0 Å². The molecule has 1 aromatic heterocycles. The van der Waals surface area contributed by atoms with Crippen molar-refractivity contribution in [1.29, 1.82) is 0 Å². The van der Waals surface area contributed by atoms with Crippen LogP contribution in [0.25, 0.3) is 22.2 Å². The topological polar surface area (TPSA) is 123 Å². The molecule has 0 saturated carbocycles. The number of amidine groups is 1. The number of aromatic nitrogens is 1. The number of carbonyl (C=O) groups is 1. The standard InChI is InChI=1S/C21H24N6O2/c1-13(28)27-10-8-15(9-11-27)14-2-4-16(5-3-14)20-18-12-17(21(24-22)25-23)6-7-19(18)26-29-20/h2-7,12,15H,8-11,22-23H2,1H3,(H,24,25). The van der Waals surface area contributed by atoms with Crippen molar-refractivity contribution in [2.24, 2.45) is 16.8 Å². The summed E-state index contributed by atoms with van der Waals surface area (Å²) in [6.45, 7) is 3.27. The van der Waals surface area contributed by atoms with Crippen LogP contribution in [0.2, 0.25) is 0 Å². The molecule has 29 heavy (non-hydrogen) atoms. The maximum absolute atomic E-state index is 11.5. The van der Waals surface area contributed by atoms with Crippen LogP contribution in [-0.2, 0) is 4.79 Å². The molecule has 0 unspecified atom stereocenters. The maximum atomic E-state index is 11.5. The van der Waals surface area contributed by atoms with Crippen LogP contribution >= 0.6 is 0 Å². The van der Waals surface area contributed by atoms with Gasteiger partial charge in [-0.1, -0.05) is 29.4 Å². The Labute approximate surface area is 168 Å². The SMILES string of the molecule is CC(=O)N1CCC(c2ccc(-c3onc4ccc(/C(=N/N)NN)cc34)cc2)CC1. The summed E-state index contributed by atoms with van der Waals surface area (Å²) in [5, 5.41) is 8.67. The number of carbonyl (C=O) groups excluding carboxylic acids is 1. The number of hydrogen-bond donors (Lipinski definition) is 3. The molecule has 2 heterocycles. The zero-order valence-corrected chi connectivity index (χ0v) is 16.3. The van der Waals surface area contributed by atoms with E-state index in [1.165, 1.54) is 5.56 Å². The summed E-state index contributed by atoms with van der Waals surface area (Å²) in [6, 6.07) is 14.0. The number of nitrogens with one attached hydrogen (secondary N) is 1. The number of nitrogens with zero attached hydrogens (tertiary/aromatic N) is 3. The lowest BCUT2D eigenvalue weighted by Crippen LogP contribution is -2.36. The second kappa shape index (κ2) is 7.92. The second-order valence-corrected chi connectivity index (χ2v) is 7.27. The molecule has 0 aliphatic carbocycles. The third-order valence-electron chi connectivity index (χ3n) is 5.60. The van der Waals surface area contributed by atoms with Gasteiger partial charge < -0.3 is 20.7 Å². The van der Waals surface area contributed by atoms with Gasteiger partial charge in [-0.25, -0.2) is 5.84 Å². The lowest BCUT2D eigenvalue weighted by atomic mass is 9.88. The average Bonchev–Trinajstić information content (AvgIpc) is 3.18. The van der Waals surface area contributed by atoms with E-state index in [1.54, 1.807) is 6.92 Å². The van der Waals surface area contributed by atoms with Gasteiger partial charge >= 0.3 is 0 Å². The molecule has 1 fully saturated rings. The number of likely N-dealkylation sites (tertiary alicyclic amines) is 1. The van der Waals surface area contributed by atoms with Crippen LogP contribution in [0.3, 0.4) is 0 Å². The average molecular weight is 392 g/mol. The Balaban J connectivity index is 1.58. The molecule has 8 nitrogen and oxygen atoms in total. The number of hydrazone groups is 1. The predicted octanol–water partition coefficient (Wildman–Crippen LogP) is 2.30. The number of hydrazine groups is 1. The van der Waals surface area contributed by atoms with Gasteiger partial charge in [-0.15, -0.1) is 0 Å². The molecule has 0 spiro atoms. The molecule has 150 valence electrons. The fourth-order valence-corrected chi connectivity index (χ4v) is 3.93. The normalized spacial score (nSPS) is 15.7. The van der Waals surface area contributed by atoms with Gasteiger partial charge in [-0.05, 0) is 42.5 Å². The largest absolute Gasteiger partial charge is 0.355 e. The fourth-order valence-electron chi connectivity index (χ4n) is 3.93. The third kappa shape index (κ3) is 3.66. The van der Waals surface area contributed by atoms with Crippen molar-refractivity contribution in [2.45, 2.75) is 25.7 Å². The summed E-state index contributed by atoms with van der Waals surface area (Å²) < 4.78 is 5.61. The maximum Gasteiger partial charge on any atom is 0.219 e. The van der Waals surface area contributed by atoms with E-state index in [9.17, 15) is 4.79 Å². The van der Waals surface area contributed by atoms with Gasteiger partial charge in [-0.3, -0.25) is 4.79 Å². The summed E-state index contributed by atoms with van der Waals surface area (Å²) in [5.74, 6) is 12.5. The van der Waals surface area contributed by atoms with Gasteiger partial charge in [0.05, 0.1) is 5.39 Å². The molecule has 3 aromatic rings. The highest BCUT2D eigenvalue weighted by atomic mass is 16.5. The number of hydrogen-bond acceptors (Lipinski definition) is 6. The number of piperidine rings is 1. The monoisotopic (exact) mass is 392 g/mol. The quantitative estimate of drug-likeness (QED) is 0.272. The van der Waals surface area contributed by atoms with Crippen LogP contribution < -0.4 is 17.1 Å². The summed E-state index contributed by atoms with van der Waals surface area (Å²) in [6.07, 6.45) is 1.97. The minimum absolute atomic E-state index is 0.156. The van der Waals surface area contributed by atoms with E-state index in [0.717, 1.165) is 48.0 Å². The molecule has 1 amide bonds. The van der Waals surface area contributed by atoms with Crippen LogP contribution in [0, 0.1) is 0 Å². The predicted molar refractivity (Wildman–Crippen MR) is 112 cm³/mol. The van der Waals surface area contributed by atoms with Gasteiger partial charge in [0, 0.05) is 31.1 Å². The molecule has 0 bridgehead atoms. The lowest BCUT2D eigenvalue weighted by molar-refractivity contribution is -0.129. The van der Waals surface area contributed by atoms with E-state index in [0.29, 0.717) is 17.5 Å². The number of rotatable bonds is 3. The van der Waals surface area contributed by atoms with Crippen LogP contribution in [-0.4, -0.2) is 34.9 Å². The fraction of sp³-hybridized carbons (Fsp3) is 0.286. The van der Waals surface area contributed by atoms with E-state index in [-0.39, 0.29) is 5.91 Å². The van der Waals surface area contributed by atoms with Gasteiger partial charge in [-0.2, -0.15) is 5.10 Å². The summed E-state index contributed by atoms with van der Waals surface area (Å²) in [5.41, 5.74) is 6.22. The number of nitrogens with two attached hydrogens (primary N) is 2. The second-order valence-electron chi connectivity index (χ2n) is 7.27. The Morgan fingerprint density at radius 2 is 1.93 bits per heavy atom. The zero-order valence-electron chi connectivity index (χ0n) is 16.3. The van der Waals surface area contributed by atoms with Gasteiger partial charge in [0.25, 0.3) is 0 Å². The molecule has 8 heteroatoms. The van der Waals surface area contributed by atoms with Crippen molar-refractivity contribution in [2.75, 3.05) is 13.1 Å². The molecule has 5 N–H and O–H groups in total. The number of fused-ring (bicyclic) bond motifs is 1. The first kappa shape index (κ1) is 18.9. The van der Waals surface area contributed by atoms with Crippen molar-refractivity contribution < 1.29 is 9.32 Å². The van der Waals surface area contributed by atoms with E-state index in [1.807, 2.05) is 23.1 Å². The van der Waals surface area contributed by atoms with Crippen molar-refractivity contribution >= 4 is 22.6 Å². The Morgan fingerprint density at radius 3 is 2.55 bits per heavy atom. The summed E-state index contributed by atoms with van der Waals surface area (Å²) >= 11 is 0. The van der Waals surface area contributed by atoms with Crippen LogP contribution in [0.15, 0.2) is 52.1 Å². The van der Waals surface area contributed by atoms with E-state index >= 15 is 0 Å². The number of benzene rings is 2. The van der Waals surface area contributed by atoms with Crippen molar-refractivity contribution in [3.63, 3.8) is 0 Å². The van der Waals surface area contributed by atoms with Crippen molar-refractivity contribution in [3.8, 4) is 11.3 Å². The van der Waals surface area contributed by atoms with E-state index in [4.69, 9.17) is 16.2 Å². The van der Waals surface area contributed by atoms with E-state index < -0.39 is 0 Å². The highest BCUT2D eigenvalue weighted by Gasteiger charge is 2.22. The molecule has 1 aliphatic rings. The minimum atomic E-state index is 0.156. The highest BCUT2D eigenvalue weighted by Crippen LogP contribution is 2.33. The zero-order chi connectivity index (χ0) is 20.4. The summed E-state index contributed by atoms with van der Waals surface area (Å²) in [4.78, 5) is 13.4. The Kier molecular flexibility index (Phi) is 5.18. The summed E-state index contributed by atoms with van der Waals surface area (Å²) in [7, 11) is 0. The molecule has 0 radical (unpaired) electrons. The van der Waals surface area contributed by atoms with Gasteiger partial charge in [0.2, 0.25) is 5.91 Å². The molecule has 1 aliphatic heterocycles. The first-order valence-electron chi connectivity index (χ1n) is 9.61. The van der Waals surface area contributed by atoms with Gasteiger partial charge in [0.1, 0.15) is 5.52 Å². The molecule has 4 rings (SSSR count). The first-order valence-corrected chi connectivity index (χ1v) is 9.61. The van der Waals surface area contributed by atoms with Crippen molar-refractivity contribution in [3.05, 3.63) is 53.6 Å². The molecule has 0 atom stereocenters. The van der Waals surface area contributed by atoms with E-state index in [2.05, 4.69) is 39.9 Å². The number of amides is 1. The molecule has 1 saturated heterocycles.